The lowest BCUT2D eigenvalue weighted by Gasteiger charge is -2.44. The van der Waals surface area contributed by atoms with Crippen molar-refractivity contribution in [2.75, 3.05) is 39.4 Å². The summed E-state index contributed by atoms with van der Waals surface area (Å²) in [6, 6.07) is 4.02. The van der Waals surface area contributed by atoms with Crippen LogP contribution in [0.25, 0.3) is 0 Å². The molecule has 0 radical (unpaired) electrons. The maximum Gasteiger partial charge on any atom is 0.490 e. The first-order chi connectivity index (χ1) is 13.5. The second-order valence-electron chi connectivity index (χ2n) is 7.73. The van der Waals surface area contributed by atoms with Crippen LogP contribution in [0.1, 0.15) is 37.2 Å². The number of hydrogen-bond donors (Lipinski definition) is 1. The van der Waals surface area contributed by atoms with Gasteiger partial charge in [0.1, 0.15) is 0 Å². The van der Waals surface area contributed by atoms with E-state index in [1.165, 1.54) is 0 Å². The van der Waals surface area contributed by atoms with E-state index < -0.39 is 12.1 Å². The number of piperidine rings is 1. The monoisotopic (exact) mass is 420 g/mol. The maximum absolute atomic E-state index is 12.6. The quantitative estimate of drug-likeness (QED) is 0.792. The van der Waals surface area contributed by atoms with Crippen LogP contribution >= 0.6 is 0 Å². The first kappa shape index (κ1) is 23.2. The van der Waals surface area contributed by atoms with Crippen molar-refractivity contribution in [1.82, 2.24) is 9.80 Å². The van der Waals surface area contributed by atoms with Crippen LogP contribution in [0.3, 0.4) is 0 Å². The smallest absolute Gasteiger partial charge is 0.475 e. The van der Waals surface area contributed by atoms with E-state index in [0.717, 1.165) is 52.2 Å². The van der Waals surface area contributed by atoms with Crippen LogP contribution in [0.4, 0.5) is 13.2 Å². The highest BCUT2D eigenvalue weighted by Gasteiger charge is 2.41. The van der Waals surface area contributed by atoms with Gasteiger partial charge >= 0.3 is 12.1 Å². The van der Waals surface area contributed by atoms with Crippen LogP contribution in [0.2, 0.25) is 0 Å². The van der Waals surface area contributed by atoms with Gasteiger partial charge in [-0.2, -0.15) is 13.2 Å². The first-order valence-corrected chi connectivity index (χ1v) is 9.49. The molecule has 2 aliphatic heterocycles. The van der Waals surface area contributed by atoms with Gasteiger partial charge in [-0.3, -0.25) is 9.69 Å². The largest absolute Gasteiger partial charge is 0.490 e. The molecule has 1 unspecified atom stereocenters. The number of likely N-dealkylation sites (tertiary alicyclic amines) is 1. The Hall–Kier alpha value is -2.07. The number of halogens is 3. The lowest BCUT2D eigenvalue weighted by atomic mass is 9.79. The molecule has 0 aliphatic carbocycles. The number of furan rings is 1. The standard InChI is InChI=1S/C17H26N2O3.C2HF3O2/c1-14(2)18-8-10-21-13-17(11-18)6-4-7-19(12-17)16(20)15-5-3-9-22-15;3-2(4,5)1(6)7/h3,5,9,14H,4,6-8,10-13H2,1-2H3;(H,6,7). The van der Waals surface area contributed by atoms with E-state index in [1.54, 1.807) is 18.4 Å². The Morgan fingerprint density at radius 3 is 2.48 bits per heavy atom. The summed E-state index contributed by atoms with van der Waals surface area (Å²) < 4.78 is 42.9. The zero-order chi connectivity index (χ0) is 21.7. The molecule has 0 saturated carbocycles. The van der Waals surface area contributed by atoms with Crippen LogP contribution in [-0.4, -0.2) is 78.4 Å². The van der Waals surface area contributed by atoms with Crippen LogP contribution < -0.4 is 0 Å². The number of hydrogen-bond acceptors (Lipinski definition) is 5. The Balaban J connectivity index is 0.000000370. The van der Waals surface area contributed by atoms with Gasteiger partial charge in [0, 0.05) is 37.6 Å². The molecule has 1 aromatic rings. The molecule has 10 heteroatoms. The number of rotatable bonds is 2. The van der Waals surface area contributed by atoms with Crippen molar-refractivity contribution < 1.29 is 37.0 Å². The SMILES string of the molecule is CC(C)N1CCOCC2(CCCN(C(=O)c3ccco3)C2)C1.O=C(O)C(F)(F)F. The third-order valence-electron chi connectivity index (χ3n) is 5.12. The number of aliphatic carboxylic acids is 1. The van der Waals surface area contributed by atoms with Gasteiger partial charge in [-0.15, -0.1) is 0 Å². The van der Waals surface area contributed by atoms with E-state index in [9.17, 15) is 18.0 Å². The minimum absolute atomic E-state index is 0.00409. The van der Waals surface area contributed by atoms with Crippen molar-refractivity contribution in [2.45, 2.75) is 38.9 Å². The number of amides is 1. The highest BCUT2D eigenvalue weighted by Crippen LogP contribution is 2.34. The summed E-state index contributed by atoms with van der Waals surface area (Å²) >= 11 is 0. The van der Waals surface area contributed by atoms with Crippen molar-refractivity contribution in [3.05, 3.63) is 24.2 Å². The van der Waals surface area contributed by atoms with Gasteiger partial charge in [0.2, 0.25) is 0 Å². The van der Waals surface area contributed by atoms with Crippen LogP contribution in [0, 0.1) is 5.41 Å². The molecule has 2 saturated heterocycles. The van der Waals surface area contributed by atoms with Gasteiger partial charge < -0.3 is 19.2 Å². The summed E-state index contributed by atoms with van der Waals surface area (Å²) in [5, 5.41) is 7.12. The summed E-state index contributed by atoms with van der Waals surface area (Å²) in [6.45, 7) is 9.54. The van der Waals surface area contributed by atoms with Crippen LogP contribution in [0.15, 0.2) is 22.8 Å². The molecule has 29 heavy (non-hydrogen) atoms. The van der Waals surface area contributed by atoms with Crippen molar-refractivity contribution >= 4 is 11.9 Å². The summed E-state index contributed by atoms with van der Waals surface area (Å²) in [7, 11) is 0. The zero-order valence-corrected chi connectivity index (χ0v) is 16.6. The van der Waals surface area contributed by atoms with E-state index in [0.29, 0.717) is 11.8 Å². The summed E-state index contributed by atoms with van der Waals surface area (Å²) in [5.41, 5.74) is 0.0568. The Labute approximate surface area is 167 Å². The number of carboxylic acids is 1. The molecule has 1 N–H and O–H groups in total. The molecule has 3 rings (SSSR count). The normalized spacial score (nSPS) is 23.4. The summed E-state index contributed by atoms with van der Waals surface area (Å²) in [4.78, 5) is 25.9. The molecule has 0 aromatic carbocycles. The number of nitrogens with zero attached hydrogens (tertiary/aromatic N) is 2. The van der Waals surface area contributed by atoms with Crippen molar-refractivity contribution in [2.24, 2.45) is 5.41 Å². The van der Waals surface area contributed by atoms with Crippen LogP contribution in [0.5, 0.6) is 0 Å². The lowest BCUT2D eigenvalue weighted by Crippen LogP contribution is -2.53. The Morgan fingerprint density at radius 1 is 1.24 bits per heavy atom. The average Bonchev–Trinajstić information content (AvgIpc) is 3.10. The Morgan fingerprint density at radius 2 is 1.93 bits per heavy atom. The van der Waals surface area contributed by atoms with Crippen molar-refractivity contribution in [1.29, 1.82) is 0 Å². The van der Waals surface area contributed by atoms with Gasteiger partial charge in [0.15, 0.2) is 5.76 Å². The van der Waals surface area contributed by atoms with Gasteiger partial charge in [-0.25, -0.2) is 4.79 Å². The summed E-state index contributed by atoms with van der Waals surface area (Å²) in [6.07, 6.45) is -1.37. The molecular formula is C19H27F3N2O5. The molecule has 0 bridgehead atoms. The van der Waals surface area contributed by atoms with Gasteiger partial charge in [0.05, 0.1) is 19.5 Å². The molecule has 1 aromatic heterocycles. The minimum atomic E-state index is -5.08. The summed E-state index contributed by atoms with van der Waals surface area (Å²) in [5.74, 6) is -2.32. The molecule has 1 atom stereocenters. The van der Waals surface area contributed by atoms with Gasteiger partial charge in [-0.05, 0) is 38.8 Å². The predicted molar refractivity (Wildman–Crippen MR) is 97.5 cm³/mol. The van der Waals surface area contributed by atoms with Crippen molar-refractivity contribution in [3.63, 3.8) is 0 Å². The fourth-order valence-electron chi connectivity index (χ4n) is 3.65. The number of ether oxygens (including phenoxy) is 1. The molecule has 2 fully saturated rings. The molecule has 7 nitrogen and oxygen atoms in total. The van der Waals surface area contributed by atoms with Crippen molar-refractivity contribution in [3.8, 4) is 0 Å². The molecule has 164 valence electrons. The highest BCUT2D eigenvalue weighted by atomic mass is 19.4. The molecular weight excluding hydrogens is 393 g/mol. The zero-order valence-electron chi connectivity index (χ0n) is 16.6. The topological polar surface area (TPSA) is 83.2 Å². The molecule has 3 heterocycles. The van der Waals surface area contributed by atoms with E-state index in [-0.39, 0.29) is 11.3 Å². The lowest BCUT2D eigenvalue weighted by molar-refractivity contribution is -0.192. The van der Waals surface area contributed by atoms with E-state index in [4.69, 9.17) is 19.1 Å². The second-order valence-corrected chi connectivity index (χ2v) is 7.73. The first-order valence-electron chi connectivity index (χ1n) is 9.49. The molecule has 1 spiro atoms. The van der Waals surface area contributed by atoms with E-state index >= 15 is 0 Å². The average molecular weight is 420 g/mol. The third kappa shape index (κ3) is 6.46. The van der Waals surface area contributed by atoms with Gasteiger partial charge in [0.25, 0.3) is 5.91 Å². The number of alkyl halides is 3. The Kier molecular flexibility index (Phi) is 7.70. The second kappa shape index (κ2) is 9.62. The van der Waals surface area contributed by atoms with Crippen LogP contribution in [-0.2, 0) is 9.53 Å². The minimum Gasteiger partial charge on any atom is -0.475 e. The highest BCUT2D eigenvalue weighted by molar-refractivity contribution is 5.91. The predicted octanol–water partition coefficient (Wildman–Crippen LogP) is 2.88. The molecule has 1 amide bonds. The Bertz CT molecular complexity index is 678. The number of carbonyl (C=O) groups excluding carboxylic acids is 1. The maximum atomic E-state index is 12.6. The fraction of sp³-hybridized carbons (Fsp3) is 0.684. The fourth-order valence-corrected chi connectivity index (χ4v) is 3.65. The third-order valence-corrected chi connectivity index (χ3v) is 5.12. The van der Waals surface area contributed by atoms with E-state index in [2.05, 4.69) is 18.7 Å². The number of carbonyl (C=O) groups is 2. The molecule has 2 aliphatic rings. The number of carboxylic acid groups (broad SMARTS) is 1. The van der Waals surface area contributed by atoms with E-state index in [1.807, 2.05) is 4.90 Å². The van der Waals surface area contributed by atoms with Gasteiger partial charge in [-0.1, -0.05) is 0 Å².